The zero-order valence-electron chi connectivity index (χ0n) is 10.7. The van der Waals surface area contributed by atoms with Gasteiger partial charge in [-0.2, -0.15) is 0 Å². The van der Waals surface area contributed by atoms with Gasteiger partial charge in [0.1, 0.15) is 0 Å². The monoisotopic (exact) mass is 344 g/mol. The van der Waals surface area contributed by atoms with Crippen LogP contribution in [0.25, 0.3) is 10.9 Å². The summed E-state index contributed by atoms with van der Waals surface area (Å²) in [5.74, 6) is 0. The molecule has 0 saturated heterocycles. The molecule has 0 aliphatic rings. The summed E-state index contributed by atoms with van der Waals surface area (Å²) in [6, 6.07) is 16.4. The molecule has 0 spiro atoms. The minimum atomic E-state index is 0.494. The van der Waals surface area contributed by atoms with Crippen molar-refractivity contribution in [2.24, 2.45) is 5.73 Å². The molecule has 3 rings (SSSR count). The molecule has 20 heavy (non-hydrogen) atoms. The van der Waals surface area contributed by atoms with Crippen molar-refractivity contribution in [1.29, 1.82) is 0 Å². The van der Waals surface area contributed by atoms with Crippen molar-refractivity contribution in [1.82, 2.24) is 4.98 Å². The minimum absolute atomic E-state index is 0.494. The minimum Gasteiger partial charge on any atom is -0.326 e. The average molecular weight is 345 g/mol. The van der Waals surface area contributed by atoms with Gasteiger partial charge in [-0.1, -0.05) is 52.0 Å². The predicted molar refractivity (Wildman–Crippen MR) is 87.9 cm³/mol. The molecule has 100 valence electrons. The molecule has 0 radical (unpaired) electrons. The van der Waals surface area contributed by atoms with Gasteiger partial charge in [-0.3, -0.25) is 4.98 Å². The SMILES string of the molecule is NCc1cnc2ccccc2c1Sc1cccc(Br)c1. The summed E-state index contributed by atoms with van der Waals surface area (Å²) in [7, 11) is 0. The maximum absolute atomic E-state index is 5.86. The van der Waals surface area contributed by atoms with Crippen LogP contribution in [0, 0.1) is 0 Å². The Morgan fingerprint density at radius 2 is 1.95 bits per heavy atom. The highest BCUT2D eigenvalue weighted by molar-refractivity contribution is 9.10. The number of nitrogens with two attached hydrogens (primary N) is 1. The summed E-state index contributed by atoms with van der Waals surface area (Å²) in [5.41, 5.74) is 7.94. The van der Waals surface area contributed by atoms with Gasteiger partial charge in [0.2, 0.25) is 0 Å². The summed E-state index contributed by atoms with van der Waals surface area (Å²) in [5, 5.41) is 1.15. The lowest BCUT2D eigenvalue weighted by molar-refractivity contribution is 1.02. The van der Waals surface area contributed by atoms with Gasteiger partial charge >= 0.3 is 0 Å². The molecule has 1 aromatic heterocycles. The van der Waals surface area contributed by atoms with E-state index in [1.807, 2.05) is 36.5 Å². The topological polar surface area (TPSA) is 38.9 Å². The number of para-hydroxylation sites is 1. The molecule has 0 fully saturated rings. The van der Waals surface area contributed by atoms with Crippen LogP contribution in [0.15, 0.2) is 69.0 Å². The Kier molecular flexibility index (Phi) is 4.05. The highest BCUT2D eigenvalue weighted by atomic mass is 79.9. The molecule has 2 N–H and O–H groups in total. The van der Waals surface area contributed by atoms with Crippen molar-refractivity contribution in [2.75, 3.05) is 0 Å². The normalized spacial score (nSPS) is 10.9. The predicted octanol–water partition coefficient (Wildman–Crippen LogP) is 4.61. The van der Waals surface area contributed by atoms with E-state index in [9.17, 15) is 0 Å². The fraction of sp³-hybridized carbons (Fsp3) is 0.0625. The standard InChI is InChI=1S/C16H13BrN2S/c17-12-4-3-5-13(8-12)20-16-11(9-18)10-19-15-7-2-1-6-14(15)16/h1-8,10H,9,18H2. The maximum Gasteiger partial charge on any atom is 0.0713 e. The molecule has 0 amide bonds. The van der Waals surface area contributed by atoms with E-state index in [0.29, 0.717) is 6.54 Å². The Morgan fingerprint density at radius 3 is 2.75 bits per heavy atom. The number of halogens is 1. The molecular formula is C16H13BrN2S. The first-order valence-electron chi connectivity index (χ1n) is 6.28. The largest absolute Gasteiger partial charge is 0.326 e. The van der Waals surface area contributed by atoms with Crippen molar-refractivity contribution >= 4 is 38.6 Å². The number of rotatable bonds is 3. The van der Waals surface area contributed by atoms with Crippen LogP contribution in [0.5, 0.6) is 0 Å². The number of aromatic nitrogens is 1. The number of pyridine rings is 1. The van der Waals surface area contributed by atoms with Gasteiger partial charge in [0.05, 0.1) is 5.52 Å². The molecule has 0 unspecified atom stereocenters. The fourth-order valence-electron chi connectivity index (χ4n) is 2.07. The highest BCUT2D eigenvalue weighted by Gasteiger charge is 2.09. The molecule has 1 heterocycles. The van der Waals surface area contributed by atoms with Crippen LogP contribution in [0.4, 0.5) is 0 Å². The second-order valence-corrected chi connectivity index (χ2v) is 6.39. The lowest BCUT2D eigenvalue weighted by Gasteiger charge is -2.11. The van der Waals surface area contributed by atoms with Crippen LogP contribution in [0.2, 0.25) is 0 Å². The van der Waals surface area contributed by atoms with Gasteiger partial charge in [-0.05, 0) is 29.8 Å². The summed E-state index contributed by atoms with van der Waals surface area (Å²) in [4.78, 5) is 6.85. The zero-order chi connectivity index (χ0) is 13.9. The lowest BCUT2D eigenvalue weighted by atomic mass is 10.1. The molecule has 2 nitrogen and oxygen atoms in total. The Bertz CT molecular complexity index is 758. The zero-order valence-corrected chi connectivity index (χ0v) is 13.1. The fourth-order valence-corrected chi connectivity index (χ4v) is 3.74. The van der Waals surface area contributed by atoms with Gasteiger partial charge < -0.3 is 5.73 Å². The van der Waals surface area contributed by atoms with Crippen molar-refractivity contribution in [2.45, 2.75) is 16.3 Å². The molecule has 4 heteroatoms. The first-order valence-corrected chi connectivity index (χ1v) is 7.89. The Balaban J connectivity index is 2.13. The van der Waals surface area contributed by atoms with Crippen molar-refractivity contribution in [3.8, 4) is 0 Å². The van der Waals surface area contributed by atoms with E-state index >= 15 is 0 Å². The second-order valence-electron chi connectivity index (χ2n) is 4.39. The number of fused-ring (bicyclic) bond motifs is 1. The number of hydrogen-bond acceptors (Lipinski definition) is 3. The van der Waals surface area contributed by atoms with E-state index in [0.717, 1.165) is 20.9 Å². The number of hydrogen-bond donors (Lipinski definition) is 1. The number of nitrogens with zero attached hydrogens (tertiary/aromatic N) is 1. The lowest BCUT2D eigenvalue weighted by Crippen LogP contribution is -2.00. The molecule has 3 aromatic rings. The number of benzene rings is 2. The van der Waals surface area contributed by atoms with E-state index in [-0.39, 0.29) is 0 Å². The Morgan fingerprint density at radius 1 is 1.10 bits per heavy atom. The molecule has 0 saturated carbocycles. The van der Waals surface area contributed by atoms with Gasteiger partial charge in [-0.25, -0.2) is 0 Å². The molecule has 0 bridgehead atoms. The van der Waals surface area contributed by atoms with Crippen LogP contribution >= 0.6 is 27.7 Å². The van der Waals surface area contributed by atoms with Crippen molar-refractivity contribution in [3.63, 3.8) is 0 Å². The van der Waals surface area contributed by atoms with Crippen LogP contribution in [0.1, 0.15) is 5.56 Å². The summed E-state index contributed by atoms with van der Waals surface area (Å²) >= 11 is 5.24. The van der Waals surface area contributed by atoms with E-state index in [1.54, 1.807) is 11.8 Å². The smallest absolute Gasteiger partial charge is 0.0713 e. The third-order valence-electron chi connectivity index (χ3n) is 3.04. The van der Waals surface area contributed by atoms with E-state index < -0.39 is 0 Å². The third kappa shape index (κ3) is 2.73. The van der Waals surface area contributed by atoms with Gasteiger partial charge in [0, 0.05) is 32.4 Å². The molecular weight excluding hydrogens is 332 g/mol. The van der Waals surface area contributed by atoms with Gasteiger partial charge in [-0.15, -0.1) is 0 Å². The second kappa shape index (κ2) is 5.95. The summed E-state index contributed by atoms with van der Waals surface area (Å²) in [6.45, 7) is 0.494. The average Bonchev–Trinajstić information content (AvgIpc) is 2.48. The van der Waals surface area contributed by atoms with E-state index in [4.69, 9.17) is 5.73 Å². The van der Waals surface area contributed by atoms with E-state index in [1.165, 1.54) is 9.79 Å². The maximum atomic E-state index is 5.86. The highest BCUT2D eigenvalue weighted by Crippen LogP contribution is 2.36. The molecule has 0 aliphatic heterocycles. The quantitative estimate of drug-likeness (QED) is 0.754. The van der Waals surface area contributed by atoms with Crippen LogP contribution in [0.3, 0.4) is 0 Å². The molecule has 0 aliphatic carbocycles. The Labute approximate surface area is 130 Å². The van der Waals surface area contributed by atoms with Crippen LogP contribution in [-0.4, -0.2) is 4.98 Å². The van der Waals surface area contributed by atoms with Crippen LogP contribution < -0.4 is 5.73 Å². The summed E-state index contributed by atoms with van der Waals surface area (Å²) in [6.07, 6.45) is 1.88. The Hall–Kier alpha value is -1.36. The third-order valence-corrected chi connectivity index (χ3v) is 4.70. The van der Waals surface area contributed by atoms with Crippen LogP contribution in [-0.2, 0) is 6.54 Å². The first kappa shape index (κ1) is 13.6. The summed E-state index contributed by atoms with van der Waals surface area (Å²) < 4.78 is 1.08. The molecule has 0 atom stereocenters. The van der Waals surface area contributed by atoms with Crippen molar-refractivity contribution < 1.29 is 0 Å². The molecule has 2 aromatic carbocycles. The first-order chi connectivity index (χ1) is 9.78. The van der Waals surface area contributed by atoms with Gasteiger partial charge in [0.15, 0.2) is 0 Å². The van der Waals surface area contributed by atoms with E-state index in [2.05, 4.69) is 39.1 Å². The van der Waals surface area contributed by atoms with Gasteiger partial charge in [0.25, 0.3) is 0 Å². The van der Waals surface area contributed by atoms with Crippen molar-refractivity contribution in [3.05, 3.63) is 64.8 Å².